The van der Waals surface area contributed by atoms with Gasteiger partial charge in [-0.3, -0.25) is 0 Å². The first-order chi connectivity index (χ1) is 27.9. The fourth-order valence-electron chi connectivity index (χ4n) is 6.53. The van der Waals surface area contributed by atoms with Crippen molar-refractivity contribution in [3.05, 3.63) is 157 Å². The molecule has 224 valence electrons. The molecule has 7 aromatic carbocycles. The van der Waals surface area contributed by atoms with Gasteiger partial charge in [-0.05, 0) is 47.2 Å². The van der Waals surface area contributed by atoms with Gasteiger partial charge >= 0.3 is 0 Å². The van der Waals surface area contributed by atoms with Crippen molar-refractivity contribution in [1.82, 2.24) is 19.5 Å². The van der Waals surface area contributed by atoms with E-state index in [1.54, 1.807) is 6.07 Å². The molecule has 0 atom stereocenters. The minimum atomic E-state index is -0.620. The molecule has 0 fully saturated rings. The van der Waals surface area contributed by atoms with Crippen LogP contribution >= 0.6 is 0 Å². The second-order valence-corrected chi connectivity index (χ2v) is 11.3. The number of furan rings is 1. The fourth-order valence-corrected chi connectivity index (χ4v) is 6.53. The maximum Gasteiger partial charge on any atom is 0.167 e. The maximum absolute atomic E-state index is 8.75. The Hall–Kier alpha value is -6.59. The van der Waals surface area contributed by atoms with E-state index in [1.807, 2.05) is 54.6 Å². The summed E-state index contributed by atoms with van der Waals surface area (Å²) in [6, 6.07) is 25.9. The van der Waals surface area contributed by atoms with Gasteiger partial charge in [-0.2, -0.15) is 0 Å². The minimum absolute atomic E-state index is 0.0811. The van der Waals surface area contributed by atoms with Crippen LogP contribution in [0.3, 0.4) is 0 Å². The van der Waals surface area contributed by atoms with Crippen molar-refractivity contribution in [2.24, 2.45) is 0 Å². The average Bonchev–Trinajstić information content (AvgIpc) is 3.78. The third-order valence-electron chi connectivity index (χ3n) is 8.61. The van der Waals surface area contributed by atoms with E-state index in [4.69, 9.17) is 28.1 Å². The van der Waals surface area contributed by atoms with E-state index in [0.29, 0.717) is 22.1 Å². The molecular weight excluding hydrogens is 589 g/mol. The van der Waals surface area contributed by atoms with Crippen LogP contribution in [0, 0.1) is 0 Å². The van der Waals surface area contributed by atoms with Gasteiger partial charge in [0.05, 0.1) is 41.4 Å². The standard InChI is InChI=1S/C43H26N4O/c1-3-13-27(14-4-1)41-44-42(28-15-5-2-6-16-28)46-43(45-41)33-23-24-36(39-32-20-10-12-22-38(32)48-40(33)39)47-35-21-11-9-19-31(35)34-25-29-17-7-8-18-30(29)26-37(34)47/h1-26H/i1D,2D,3D,4D,5D,6D,13D,14D,15D,16D. The van der Waals surface area contributed by atoms with Gasteiger partial charge in [0, 0.05) is 27.3 Å². The molecule has 0 aliphatic heterocycles. The second-order valence-electron chi connectivity index (χ2n) is 11.3. The Morgan fingerprint density at radius 2 is 1.12 bits per heavy atom. The van der Waals surface area contributed by atoms with Gasteiger partial charge in [-0.25, -0.2) is 15.0 Å². The molecule has 3 heterocycles. The molecule has 3 aromatic heterocycles. The second kappa shape index (κ2) is 10.5. The molecule has 48 heavy (non-hydrogen) atoms. The van der Waals surface area contributed by atoms with E-state index in [-0.39, 0.29) is 28.6 Å². The highest BCUT2D eigenvalue weighted by Gasteiger charge is 2.23. The largest absolute Gasteiger partial charge is 0.455 e. The lowest BCUT2D eigenvalue weighted by Gasteiger charge is -2.13. The zero-order valence-corrected chi connectivity index (χ0v) is 24.9. The van der Waals surface area contributed by atoms with Gasteiger partial charge < -0.3 is 8.98 Å². The number of rotatable bonds is 4. The highest BCUT2D eigenvalue weighted by atomic mass is 16.3. The summed E-state index contributed by atoms with van der Waals surface area (Å²) in [6.45, 7) is 0. The molecule has 0 unspecified atom stereocenters. The van der Waals surface area contributed by atoms with Crippen molar-refractivity contribution >= 4 is 54.5 Å². The molecule has 0 N–H and O–H groups in total. The van der Waals surface area contributed by atoms with Crippen LogP contribution in [0.5, 0.6) is 0 Å². The van der Waals surface area contributed by atoms with Gasteiger partial charge in [0.15, 0.2) is 17.5 Å². The van der Waals surface area contributed by atoms with Crippen LogP contribution in [0.4, 0.5) is 0 Å². The molecule has 0 spiro atoms. The normalized spacial score (nSPS) is 14.7. The third-order valence-corrected chi connectivity index (χ3v) is 8.61. The maximum atomic E-state index is 8.75. The van der Waals surface area contributed by atoms with E-state index in [2.05, 4.69) is 45.9 Å². The number of para-hydroxylation sites is 2. The van der Waals surface area contributed by atoms with Crippen LogP contribution < -0.4 is 0 Å². The van der Waals surface area contributed by atoms with Crippen molar-refractivity contribution in [1.29, 1.82) is 0 Å². The molecule has 0 saturated carbocycles. The molecule has 10 rings (SSSR count). The van der Waals surface area contributed by atoms with E-state index < -0.39 is 60.4 Å². The molecule has 10 aromatic rings. The summed E-state index contributed by atoms with van der Waals surface area (Å²) in [5.74, 6) is -0.791. The summed E-state index contributed by atoms with van der Waals surface area (Å²) in [5.41, 5.74) is 3.25. The molecule has 0 aliphatic carbocycles. The molecule has 5 nitrogen and oxygen atoms in total. The van der Waals surface area contributed by atoms with Crippen molar-refractivity contribution in [2.75, 3.05) is 0 Å². The SMILES string of the molecule is [2H]c1c([2H])c([2H])c(-c2nc(-c3c([2H])c([2H])c([2H])c([2H])c3[2H])nc(-c3ccc(-n4c5ccccc5c5cc6ccccc6cc54)c4c3oc3ccccc34)n2)c([2H])c1[2H]. The third kappa shape index (κ3) is 4.08. The van der Waals surface area contributed by atoms with Crippen molar-refractivity contribution < 1.29 is 18.1 Å². The van der Waals surface area contributed by atoms with Crippen LogP contribution in [-0.2, 0) is 0 Å². The zero-order chi connectivity index (χ0) is 40.3. The molecule has 0 bridgehead atoms. The van der Waals surface area contributed by atoms with E-state index in [1.165, 1.54) is 0 Å². The summed E-state index contributed by atoms with van der Waals surface area (Å²) in [4.78, 5) is 13.8. The predicted octanol–water partition coefficient (Wildman–Crippen LogP) is 11.0. The summed E-state index contributed by atoms with van der Waals surface area (Å²) in [5, 5.41) is 5.77. The number of nitrogens with zero attached hydrogens (tertiary/aromatic N) is 4. The summed E-state index contributed by atoms with van der Waals surface area (Å²) < 4.78 is 93.6. The molecule has 0 amide bonds. The summed E-state index contributed by atoms with van der Waals surface area (Å²) in [7, 11) is 0. The number of hydrogen-bond acceptors (Lipinski definition) is 4. The Morgan fingerprint density at radius 1 is 0.521 bits per heavy atom. The van der Waals surface area contributed by atoms with Gasteiger partial charge in [0.2, 0.25) is 0 Å². The Kier molecular flexibility index (Phi) is 4.04. The summed E-state index contributed by atoms with van der Waals surface area (Å²) in [6.07, 6.45) is 0. The van der Waals surface area contributed by atoms with Gasteiger partial charge in [0.1, 0.15) is 11.2 Å². The van der Waals surface area contributed by atoms with Gasteiger partial charge in [0.25, 0.3) is 0 Å². The zero-order valence-electron chi connectivity index (χ0n) is 34.9. The Labute approximate surface area is 289 Å². The number of aromatic nitrogens is 4. The number of fused-ring (bicyclic) bond motifs is 7. The topological polar surface area (TPSA) is 56.7 Å². The van der Waals surface area contributed by atoms with Gasteiger partial charge in [-0.1, -0.05) is 121 Å². The monoisotopic (exact) mass is 624 g/mol. The summed E-state index contributed by atoms with van der Waals surface area (Å²) >= 11 is 0. The molecule has 5 heteroatoms. The fraction of sp³-hybridized carbons (Fsp3) is 0. The molecular formula is C43H26N4O. The first-order valence-corrected chi connectivity index (χ1v) is 15.2. The lowest BCUT2D eigenvalue weighted by Crippen LogP contribution is -2.01. The molecule has 0 saturated heterocycles. The van der Waals surface area contributed by atoms with Crippen LogP contribution in [0.1, 0.15) is 13.7 Å². The average molecular weight is 625 g/mol. The highest BCUT2D eigenvalue weighted by Crippen LogP contribution is 2.42. The van der Waals surface area contributed by atoms with Crippen molar-refractivity contribution in [2.45, 2.75) is 0 Å². The number of hydrogen-bond donors (Lipinski definition) is 0. The number of benzene rings is 7. The Morgan fingerprint density at radius 3 is 1.85 bits per heavy atom. The Balaban J connectivity index is 1.32. The van der Waals surface area contributed by atoms with Crippen LogP contribution in [0.15, 0.2) is 162 Å². The lowest BCUT2D eigenvalue weighted by atomic mass is 10.0. The van der Waals surface area contributed by atoms with Gasteiger partial charge in [-0.15, -0.1) is 0 Å². The first-order valence-electron chi connectivity index (χ1n) is 20.2. The lowest BCUT2D eigenvalue weighted by molar-refractivity contribution is 0.669. The van der Waals surface area contributed by atoms with Crippen LogP contribution in [-0.4, -0.2) is 19.5 Å². The predicted molar refractivity (Wildman–Crippen MR) is 195 cm³/mol. The first kappa shape index (κ1) is 18.5. The van der Waals surface area contributed by atoms with E-state index >= 15 is 0 Å². The minimum Gasteiger partial charge on any atom is -0.455 e. The molecule has 0 radical (unpaired) electrons. The smallest absolute Gasteiger partial charge is 0.167 e. The van der Waals surface area contributed by atoms with Crippen LogP contribution in [0.25, 0.3) is 94.4 Å². The quantitative estimate of drug-likeness (QED) is 0.195. The van der Waals surface area contributed by atoms with Crippen LogP contribution in [0.2, 0.25) is 0 Å². The van der Waals surface area contributed by atoms with E-state index in [9.17, 15) is 0 Å². The van der Waals surface area contributed by atoms with E-state index in [0.717, 1.165) is 43.7 Å². The van der Waals surface area contributed by atoms with Crippen molar-refractivity contribution in [3.63, 3.8) is 0 Å². The molecule has 0 aliphatic rings. The highest BCUT2D eigenvalue weighted by molar-refractivity contribution is 6.18. The Bertz CT molecular complexity index is 3290. The van der Waals surface area contributed by atoms with Crippen molar-refractivity contribution in [3.8, 4) is 39.9 Å².